The number of carbonyl (C=O) groups is 1. The molecule has 0 saturated carbocycles. The minimum atomic E-state index is -0.00315. The predicted molar refractivity (Wildman–Crippen MR) is 84.3 cm³/mol. The first kappa shape index (κ1) is 15.1. The van der Waals surface area contributed by atoms with Crippen LogP contribution in [0.15, 0.2) is 36.7 Å². The van der Waals surface area contributed by atoms with Gasteiger partial charge >= 0.3 is 0 Å². The maximum absolute atomic E-state index is 12.5. The van der Waals surface area contributed by atoms with E-state index < -0.39 is 0 Å². The molecule has 0 spiro atoms. The summed E-state index contributed by atoms with van der Waals surface area (Å²) in [5.41, 5.74) is 1.44. The second-order valence-corrected chi connectivity index (χ2v) is 6.00. The fourth-order valence-corrected chi connectivity index (χ4v) is 2.80. The molecule has 1 aliphatic rings. The third-order valence-corrected chi connectivity index (χ3v) is 4.33. The molecule has 0 bridgehead atoms. The molecule has 1 saturated heterocycles. The van der Waals surface area contributed by atoms with E-state index in [1.165, 1.54) is 0 Å². The van der Waals surface area contributed by atoms with Crippen LogP contribution in [-0.2, 0) is 0 Å². The molecule has 1 aromatic heterocycles. The minimum absolute atomic E-state index is 0.00315. The summed E-state index contributed by atoms with van der Waals surface area (Å²) in [4.78, 5) is 14.3. The first-order valence-corrected chi connectivity index (χ1v) is 7.76. The number of halogens is 1. The quantitative estimate of drug-likeness (QED) is 0.945. The lowest BCUT2D eigenvalue weighted by Crippen LogP contribution is -2.39. The van der Waals surface area contributed by atoms with Gasteiger partial charge in [0.15, 0.2) is 0 Å². The molecule has 1 fully saturated rings. The van der Waals surface area contributed by atoms with Crippen LogP contribution in [0.5, 0.6) is 0 Å². The summed E-state index contributed by atoms with van der Waals surface area (Å²) in [6, 6.07) is 7.30. The molecular formula is C16H18ClN3O2. The number of carbonyl (C=O) groups excluding carboxylic acids is 1. The Labute approximate surface area is 134 Å². The van der Waals surface area contributed by atoms with Crippen molar-refractivity contribution in [2.45, 2.75) is 12.8 Å². The van der Waals surface area contributed by atoms with E-state index in [-0.39, 0.29) is 12.5 Å². The van der Waals surface area contributed by atoms with Crippen LogP contribution < -0.4 is 0 Å². The summed E-state index contributed by atoms with van der Waals surface area (Å²) in [6.07, 6.45) is 5.04. The molecule has 1 aliphatic heterocycles. The third kappa shape index (κ3) is 3.15. The van der Waals surface area contributed by atoms with Crippen molar-refractivity contribution in [1.29, 1.82) is 0 Å². The van der Waals surface area contributed by atoms with Crippen LogP contribution in [0, 0.1) is 5.92 Å². The van der Waals surface area contributed by atoms with Crippen molar-refractivity contribution in [2.24, 2.45) is 5.92 Å². The Morgan fingerprint density at radius 1 is 1.27 bits per heavy atom. The average molecular weight is 320 g/mol. The number of aliphatic hydroxyl groups is 1. The molecule has 2 aromatic rings. The fourth-order valence-electron chi connectivity index (χ4n) is 2.67. The van der Waals surface area contributed by atoms with Crippen LogP contribution in [0.25, 0.3) is 5.69 Å². The van der Waals surface area contributed by atoms with Gasteiger partial charge in [0.1, 0.15) is 0 Å². The van der Waals surface area contributed by atoms with E-state index in [0.29, 0.717) is 29.6 Å². The van der Waals surface area contributed by atoms with Crippen molar-refractivity contribution in [3.63, 3.8) is 0 Å². The van der Waals surface area contributed by atoms with Crippen LogP contribution in [0.1, 0.15) is 23.2 Å². The Morgan fingerprint density at radius 3 is 2.59 bits per heavy atom. The fraction of sp³-hybridized carbons (Fsp3) is 0.375. The highest BCUT2D eigenvalue weighted by molar-refractivity contribution is 6.30. The third-order valence-electron chi connectivity index (χ3n) is 4.08. The highest BCUT2D eigenvalue weighted by atomic mass is 35.5. The summed E-state index contributed by atoms with van der Waals surface area (Å²) in [6.45, 7) is 1.59. The summed E-state index contributed by atoms with van der Waals surface area (Å²) in [5, 5.41) is 14.1. The zero-order valence-electron chi connectivity index (χ0n) is 12.2. The van der Waals surface area contributed by atoms with Gasteiger partial charge in [-0.25, -0.2) is 4.68 Å². The van der Waals surface area contributed by atoms with Gasteiger partial charge in [0.25, 0.3) is 5.91 Å². The standard InChI is InChI=1S/C16H18ClN3O2/c17-14-1-3-15(4-2-14)20-10-13(9-18-20)16(22)19-7-5-12(11-21)6-8-19/h1-4,9-10,12,21H,5-8,11H2. The molecule has 0 aliphatic carbocycles. The first-order valence-electron chi connectivity index (χ1n) is 7.38. The zero-order chi connectivity index (χ0) is 15.5. The summed E-state index contributed by atoms with van der Waals surface area (Å²) in [5.74, 6) is 0.317. The lowest BCUT2D eigenvalue weighted by atomic mass is 9.97. The molecule has 5 nitrogen and oxygen atoms in total. The van der Waals surface area contributed by atoms with Crippen molar-refractivity contribution in [2.75, 3.05) is 19.7 Å². The van der Waals surface area contributed by atoms with Crippen LogP contribution in [0.4, 0.5) is 0 Å². The SMILES string of the molecule is O=C(c1cnn(-c2ccc(Cl)cc2)c1)N1CCC(CO)CC1. The smallest absolute Gasteiger partial charge is 0.257 e. The second kappa shape index (κ2) is 6.50. The zero-order valence-corrected chi connectivity index (χ0v) is 12.9. The van der Waals surface area contributed by atoms with Gasteiger partial charge in [0, 0.05) is 30.9 Å². The van der Waals surface area contributed by atoms with Gasteiger partial charge in [0.2, 0.25) is 0 Å². The van der Waals surface area contributed by atoms with E-state index >= 15 is 0 Å². The number of benzene rings is 1. The van der Waals surface area contributed by atoms with Gasteiger partial charge in [-0.1, -0.05) is 11.6 Å². The molecule has 1 N–H and O–H groups in total. The van der Waals surface area contributed by atoms with Gasteiger partial charge in [-0.3, -0.25) is 4.79 Å². The number of likely N-dealkylation sites (tertiary alicyclic amines) is 1. The number of amides is 1. The Hall–Kier alpha value is -1.85. The lowest BCUT2D eigenvalue weighted by molar-refractivity contribution is 0.0651. The maximum atomic E-state index is 12.5. The van der Waals surface area contributed by atoms with Crippen molar-refractivity contribution in [3.05, 3.63) is 47.2 Å². The van der Waals surface area contributed by atoms with E-state index in [0.717, 1.165) is 18.5 Å². The highest BCUT2D eigenvalue weighted by Crippen LogP contribution is 2.19. The van der Waals surface area contributed by atoms with Crippen LogP contribution in [0.3, 0.4) is 0 Å². The van der Waals surface area contributed by atoms with Gasteiger partial charge in [-0.15, -0.1) is 0 Å². The molecule has 116 valence electrons. The molecule has 0 radical (unpaired) electrons. The Kier molecular flexibility index (Phi) is 4.45. The van der Waals surface area contributed by atoms with Gasteiger partial charge in [0.05, 0.1) is 17.4 Å². The Morgan fingerprint density at radius 2 is 1.95 bits per heavy atom. The number of rotatable bonds is 3. The number of aliphatic hydroxyl groups excluding tert-OH is 1. The first-order chi connectivity index (χ1) is 10.7. The van der Waals surface area contributed by atoms with Crippen LogP contribution in [-0.4, -0.2) is 45.4 Å². The highest BCUT2D eigenvalue weighted by Gasteiger charge is 2.24. The minimum Gasteiger partial charge on any atom is -0.396 e. The van der Waals surface area contributed by atoms with Crippen molar-refractivity contribution >= 4 is 17.5 Å². The Bertz CT molecular complexity index is 646. The molecule has 22 heavy (non-hydrogen) atoms. The van der Waals surface area contributed by atoms with E-state index in [4.69, 9.17) is 16.7 Å². The number of hydrogen-bond donors (Lipinski definition) is 1. The maximum Gasteiger partial charge on any atom is 0.257 e. The Balaban J connectivity index is 1.71. The number of nitrogens with zero attached hydrogens (tertiary/aromatic N) is 3. The van der Waals surface area contributed by atoms with Crippen molar-refractivity contribution in [1.82, 2.24) is 14.7 Å². The molecule has 1 amide bonds. The van der Waals surface area contributed by atoms with Gasteiger partial charge in [-0.2, -0.15) is 5.10 Å². The molecule has 0 unspecified atom stereocenters. The molecule has 2 heterocycles. The molecule has 3 rings (SSSR count). The summed E-state index contributed by atoms with van der Waals surface area (Å²) in [7, 11) is 0. The number of piperidine rings is 1. The van der Waals surface area contributed by atoms with Crippen LogP contribution >= 0.6 is 11.6 Å². The number of aromatic nitrogens is 2. The lowest BCUT2D eigenvalue weighted by Gasteiger charge is -2.30. The summed E-state index contributed by atoms with van der Waals surface area (Å²) < 4.78 is 1.67. The van der Waals surface area contributed by atoms with Crippen LogP contribution in [0.2, 0.25) is 5.02 Å². The van der Waals surface area contributed by atoms with E-state index in [2.05, 4.69) is 5.10 Å². The monoisotopic (exact) mass is 319 g/mol. The van der Waals surface area contributed by atoms with E-state index in [9.17, 15) is 4.79 Å². The average Bonchev–Trinajstić information content (AvgIpc) is 3.05. The largest absolute Gasteiger partial charge is 0.396 e. The predicted octanol–water partition coefficient (Wildman–Crippen LogP) is 2.37. The molecule has 0 atom stereocenters. The van der Waals surface area contributed by atoms with Crippen molar-refractivity contribution < 1.29 is 9.90 Å². The normalized spacial score (nSPS) is 16.0. The van der Waals surface area contributed by atoms with E-state index in [1.807, 2.05) is 17.0 Å². The van der Waals surface area contributed by atoms with Crippen molar-refractivity contribution in [3.8, 4) is 5.69 Å². The topological polar surface area (TPSA) is 58.4 Å². The van der Waals surface area contributed by atoms with E-state index in [1.54, 1.807) is 29.2 Å². The molecule has 6 heteroatoms. The number of hydrogen-bond acceptors (Lipinski definition) is 3. The molecular weight excluding hydrogens is 302 g/mol. The molecule has 1 aromatic carbocycles. The van der Waals surface area contributed by atoms with Gasteiger partial charge < -0.3 is 10.0 Å². The summed E-state index contributed by atoms with van der Waals surface area (Å²) >= 11 is 5.87. The second-order valence-electron chi connectivity index (χ2n) is 5.57. The van der Waals surface area contributed by atoms with Gasteiger partial charge in [-0.05, 0) is 43.0 Å².